The van der Waals surface area contributed by atoms with E-state index in [9.17, 15) is 18.8 Å². The Balaban J connectivity index is 1.13. The Labute approximate surface area is 303 Å². The number of halogens is 4. The fourth-order valence-corrected chi connectivity index (χ4v) is 9.59. The first-order valence-electron chi connectivity index (χ1n) is 16.8. The van der Waals surface area contributed by atoms with Crippen LogP contribution in [0.4, 0.5) is 24.0 Å². The number of ether oxygens (including phenoxy) is 2. The van der Waals surface area contributed by atoms with Crippen LogP contribution in [0, 0.1) is 23.0 Å². The summed E-state index contributed by atoms with van der Waals surface area (Å²) < 4.78 is 59.2. The summed E-state index contributed by atoms with van der Waals surface area (Å²) in [6, 6.07) is 6.03. The third-order valence-corrected chi connectivity index (χ3v) is 12.0. The highest BCUT2D eigenvalue weighted by molar-refractivity contribution is 7.23. The van der Waals surface area contributed by atoms with Gasteiger partial charge in [0.05, 0.1) is 53.3 Å². The topological polar surface area (TPSA) is 162 Å². The number of aromatic nitrogens is 5. The Morgan fingerprint density at radius 1 is 1.25 bits per heavy atom. The first kappa shape index (κ1) is 33.1. The van der Waals surface area contributed by atoms with Crippen LogP contribution in [0.3, 0.4) is 0 Å². The molecule has 2 aromatic carbocycles. The maximum Gasteiger partial charge on any atom is 0.319 e. The summed E-state index contributed by atoms with van der Waals surface area (Å²) in [6.45, 7) is 2.77. The van der Waals surface area contributed by atoms with Gasteiger partial charge in [-0.2, -0.15) is 30.6 Å². The minimum Gasteiger partial charge on any atom is -0.461 e. The molecule has 1 amide bonds. The minimum atomic E-state index is -0.973. The van der Waals surface area contributed by atoms with Crippen molar-refractivity contribution in [3.8, 4) is 23.2 Å². The average Bonchev–Trinajstić information content (AvgIpc) is 3.91. The van der Waals surface area contributed by atoms with Crippen LogP contribution < -0.4 is 15.4 Å². The molecule has 5 aromatic rings. The third kappa shape index (κ3) is 5.14. The van der Waals surface area contributed by atoms with E-state index in [2.05, 4.69) is 25.3 Å². The van der Waals surface area contributed by atoms with Gasteiger partial charge >= 0.3 is 6.01 Å². The number of carbonyl (C=O) groups excluding carboxylic acids is 1. The molecule has 52 heavy (non-hydrogen) atoms. The van der Waals surface area contributed by atoms with Crippen LogP contribution in [0.15, 0.2) is 24.4 Å². The molecule has 3 N–H and O–H groups in total. The van der Waals surface area contributed by atoms with Crippen LogP contribution in [-0.4, -0.2) is 111 Å². The Morgan fingerprint density at radius 2 is 2.10 bits per heavy atom. The highest BCUT2D eigenvalue weighted by Crippen LogP contribution is 2.46. The number of anilines is 2. The molecule has 13 nitrogen and oxygen atoms in total. The second kappa shape index (κ2) is 12.2. The number of benzene rings is 2. The fourth-order valence-electron chi connectivity index (χ4n) is 8.35. The number of hydrogen-bond acceptors (Lipinski definition) is 12. The number of nitrogens with zero attached hydrogens (tertiary/aromatic N) is 8. The number of amides is 1. The van der Waals surface area contributed by atoms with Crippen molar-refractivity contribution in [1.29, 1.82) is 5.26 Å². The molecule has 3 aromatic heterocycles. The van der Waals surface area contributed by atoms with E-state index in [0.717, 1.165) is 30.7 Å². The largest absolute Gasteiger partial charge is 0.461 e. The first-order valence-corrected chi connectivity index (χ1v) is 17.9. The molecule has 1 spiro atoms. The van der Waals surface area contributed by atoms with Crippen molar-refractivity contribution in [3.05, 3.63) is 52.3 Å². The smallest absolute Gasteiger partial charge is 0.319 e. The number of rotatable bonds is 6. The number of hydrogen-bond donors (Lipinski definition) is 2. The normalized spacial score (nSPS) is 22.6. The lowest BCUT2D eigenvalue weighted by atomic mass is 9.91. The van der Waals surface area contributed by atoms with E-state index in [1.807, 2.05) is 11.0 Å². The maximum absolute atomic E-state index is 17.1. The number of alkyl halides is 1. The van der Waals surface area contributed by atoms with Crippen molar-refractivity contribution >= 4 is 60.7 Å². The van der Waals surface area contributed by atoms with Gasteiger partial charge in [-0.3, -0.25) is 9.69 Å². The number of aromatic amines is 1. The van der Waals surface area contributed by atoms with Crippen molar-refractivity contribution < 1.29 is 27.4 Å². The Kier molecular flexibility index (Phi) is 7.74. The standard InChI is InChI=1S/C34H30ClF3N10O3S/c35-21-8-19-27(26(38)25(21)18-2-3-22(37)28-24(18)20(10-39)29(40)52-28)42-32(50-16-33-4-1-5-48(33)12-17(36)9-33)43-30(19)46-6-7-51-34(13-46)14-47(15-34)31(49)23-11-41-45-44-23/h2-3,8,11,17H,1,4-7,9,12-16,40H2,(H,41,44,45)/t17-,33+/m1/s1. The second-order valence-electron chi connectivity index (χ2n) is 13.9. The average molecular weight is 751 g/mol. The van der Waals surface area contributed by atoms with Gasteiger partial charge in [-0.25, -0.2) is 13.2 Å². The summed E-state index contributed by atoms with van der Waals surface area (Å²) in [6.07, 6.45) is 2.37. The second-order valence-corrected chi connectivity index (χ2v) is 15.3. The third-order valence-electron chi connectivity index (χ3n) is 10.7. The van der Waals surface area contributed by atoms with E-state index >= 15 is 4.39 Å². The molecule has 18 heteroatoms. The van der Waals surface area contributed by atoms with Crippen molar-refractivity contribution in [2.24, 2.45) is 0 Å². The van der Waals surface area contributed by atoms with E-state index in [4.69, 9.17) is 31.8 Å². The van der Waals surface area contributed by atoms with Gasteiger partial charge in [-0.15, -0.1) is 11.3 Å². The number of thiophene rings is 1. The van der Waals surface area contributed by atoms with Crippen LogP contribution in [0.5, 0.6) is 6.01 Å². The van der Waals surface area contributed by atoms with E-state index in [1.54, 1.807) is 11.0 Å². The summed E-state index contributed by atoms with van der Waals surface area (Å²) in [4.78, 5) is 27.9. The summed E-state index contributed by atoms with van der Waals surface area (Å²) in [5.41, 5.74) is 5.05. The van der Waals surface area contributed by atoms with Crippen molar-refractivity contribution in [3.63, 3.8) is 0 Å². The van der Waals surface area contributed by atoms with Crippen LogP contribution in [-0.2, 0) is 4.74 Å². The molecule has 4 fully saturated rings. The van der Waals surface area contributed by atoms with Crippen molar-refractivity contribution in [1.82, 2.24) is 35.2 Å². The zero-order valence-electron chi connectivity index (χ0n) is 27.5. The van der Waals surface area contributed by atoms with Gasteiger partial charge in [-0.05, 0) is 37.1 Å². The zero-order valence-corrected chi connectivity index (χ0v) is 29.0. The number of nitrogens with two attached hydrogens (primary N) is 1. The number of nitriles is 1. The highest BCUT2D eigenvalue weighted by Gasteiger charge is 2.51. The molecular formula is C34H30ClF3N10O3S. The summed E-state index contributed by atoms with van der Waals surface area (Å²) in [5, 5.41) is 20.5. The van der Waals surface area contributed by atoms with E-state index in [-0.39, 0.29) is 79.6 Å². The van der Waals surface area contributed by atoms with E-state index < -0.39 is 28.9 Å². The summed E-state index contributed by atoms with van der Waals surface area (Å²) in [7, 11) is 0. The monoisotopic (exact) mass is 750 g/mol. The molecule has 0 unspecified atom stereocenters. The molecule has 0 bridgehead atoms. The molecule has 268 valence electrons. The number of carbonyl (C=O) groups is 1. The Morgan fingerprint density at radius 3 is 2.88 bits per heavy atom. The number of nitrogens with one attached hydrogen (secondary N) is 1. The fraction of sp³-hybridized carbons (Fsp3) is 0.412. The SMILES string of the molecule is N#Cc1c(N)sc2c(F)ccc(-c3c(Cl)cc4c(N5CCOC6(CN(C(=O)c7cn[nH]n7)C6)C5)nc(OC[C@@]56CCCN5C[C@H](F)C6)nc4c3F)c12. The lowest BCUT2D eigenvalue weighted by Gasteiger charge is -2.53. The predicted octanol–water partition coefficient (Wildman–Crippen LogP) is 4.70. The van der Waals surface area contributed by atoms with Gasteiger partial charge in [0.25, 0.3) is 5.91 Å². The molecular weight excluding hydrogens is 721 g/mol. The first-order chi connectivity index (χ1) is 25.1. The van der Waals surface area contributed by atoms with E-state index in [1.165, 1.54) is 18.3 Å². The number of morpholine rings is 1. The molecule has 2 atom stereocenters. The summed E-state index contributed by atoms with van der Waals surface area (Å²) in [5.74, 6) is -1.36. The Bertz CT molecular complexity index is 2310. The number of H-pyrrole nitrogens is 1. The van der Waals surface area contributed by atoms with Crippen LogP contribution in [0.1, 0.15) is 35.3 Å². The van der Waals surface area contributed by atoms with Gasteiger partial charge in [0.15, 0.2) is 11.5 Å². The zero-order chi connectivity index (χ0) is 35.9. The maximum atomic E-state index is 17.1. The van der Waals surface area contributed by atoms with E-state index in [0.29, 0.717) is 43.9 Å². The Hall–Kier alpha value is -4.76. The van der Waals surface area contributed by atoms with Crippen LogP contribution in [0.2, 0.25) is 5.02 Å². The predicted molar refractivity (Wildman–Crippen MR) is 186 cm³/mol. The lowest BCUT2D eigenvalue weighted by Crippen LogP contribution is -2.71. The van der Waals surface area contributed by atoms with Crippen molar-refractivity contribution in [2.75, 3.05) is 63.1 Å². The number of fused-ring (bicyclic) bond motifs is 3. The quantitative estimate of drug-likeness (QED) is 0.247. The van der Waals surface area contributed by atoms with Gasteiger partial charge in [0.1, 0.15) is 46.6 Å². The molecule has 7 heterocycles. The summed E-state index contributed by atoms with van der Waals surface area (Å²) >= 11 is 7.78. The van der Waals surface area contributed by atoms with Crippen molar-refractivity contribution in [2.45, 2.75) is 36.6 Å². The number of nitrogen functional groups attached to an aromatic ring is 1. The van der Waals surface area contributed by atoms with Gasteiger partial charge < -0.3 is 25.0 Å². The molecule has 0 saturated carbocycles. The number of likely N-dealkylation sites (tertiary alicyclic amines) is 1. The van der Waals surface area contributed by atoms with Gasteiger partial charge in [0, 0.05) is 35.8 Å². The van der Waals surface area contributed by atoms with Crippen LogP contribution in [0.25, 0.3) is 32.1 Å². The molecule has 4 saturated heterocycles. The molecule has 0 radical (unpaired) electrons. The lowest BCUT2D eigenvalue weighted by molar-refractivity contribution is -0.135. The van der Waals surface area contributed by atoms with Crippen LogP contribution >= 0.6 is 22.9 Å². The van der Waals surface area contributed by atoms with Gasteiger partial charge in [0.2, 0.25) is 0 Å². The van der Waals surface area contributed by atoms with Gasteiger partial charge in [-0.1, -0.05) is 17.7 Å². The molecule has 0 aliphatic carbocycles. The molecule has 9 rings (SSSR count). The molecule has 4 aliphatic rings. The highest BCUT2D eigenvalue weighted by atomic mass is 35.5. The minimum absolute atomic E-state index is 0.0125. The molecule has 4 aliphatic heterocycles.